The Morgan fingerprint density at radius 1 is 1.23 bits per heavy atom. The van der Waals surface area contributed by atoms with Crippen molar-refractivity contribution in [3.8, 4) is 0 Å². The van der Waals surface area contributed by atoms with Crippen molar-refractivity contribution >= 4 is 28.7 Å². The molecule has 0 spiro atoms. The molecule has 2 aromatic carbocycles. The maximum Gasteiger partial charge on any atom is 0.270 e. The normalized spacial score (nSPS) is 13.7. The first-order valence-corrected chi connectivity index (χ1v) is 6.97. The van der Waals surface area contributed by atoms with Crippen LogP contribution in [0, 0.1) is 10.1 Å². The van der Waals surface area contributed by atoms with Crippen molar-refractivity contribution in [3.63, 3.8) is 0 Å². The van der Waals surface area contributed by atoms with Gasteiger partial charge in [-0.15, -0.1) is 0 Å². The Labute approximate surface area is 132 Å². The summed E-state index contributed by atoms with van der Waals surface area (Å²) in [4.78, 5) is 15.1. The lowest BCUT2D eigenvalue weighted by molar-refractivity contribution is -0.384. The van der Waals surface area contributed by atoms with Gasteiger partial charge in [0.2, 0.25) is 0 Å². The van der Waals surface area contributed by atoms with E-state index < -0.39 is 4.92 Å². The maximum absolute atomic E-state index is 11.0. The van der Waals surface area contributed by atoms with Gasteiger partial charge in [-0.25, -0.2) is 0 Å². The first-order chi connectivity index (χ1) is 10.6. The number of nitrogens with one attached hydrogen (secondary N) is 1. The highest BCUT2D eigenvalue weighted by Crippen LogP contribution is 2.30. The van der Waals surface area contributed by atoms with Crippen molar-refractivity contribution in [2.45, 2.75) is 0 Å². The summed E-state index contributed by atoms with van der Waals surface area (Å²) in [6.45, 7) is 4.27. The standard InChI is InChI=1S/C16H12ClN3O2/c1-10-9-18-16(12-4-2-3-5-14(12)17)13-8-11(20(21)22)6-7-15(13)19-10/h2-8,19H,1,9H2. The summed E-state index contributed by atoms with van der Waals surface area (Å²) in [5.74, 6) is 0. The zero-order valence-electron chi connectivity index (χ0n) is 11.5. The second kappa shape index (κ2) is 5.61. The van der Waals surface area contributed by atoms with Crippen molar-refractivity contribution in [1.82, 2.24) is 0 Å². The highest BCUT2D eigenvalue weighted by molar-refractivity contribution is 6.36. The number of nitro benzene ring substituents is 1. The molecule has 0 saturated heterocycles. The quantitative estimate of drug-likeness (QED) is 0.672. The van der Waals surface area contributed by atoms with Gasteiger partial charge < -0.3 is 5.32 Å². The minimum atomic E-state index is -0.426. The molecule has 0 aromatic heterocycles. The Morgan fingerprint density at radius 3 is 2.73 bits per heavy atom. The summed E-state index contributed by atoms with van der Waals surface area (Å²) in [5.41, 5.74) is 3.45. The molecule has 1 heterocycles. The average Bonchev–Trinajstić information content (AvgIpc) is 2.65. The lowest BCUT2D eigenvalue weighted by atomic mass is 10.00. The molecular formula is C16H12ClN3O2. The number of benzodiazepines with no additional fused rings is 1. The molecule has 3 rings (SSSR count). The molecule has 1 aliphatic heterocycles. The molecule has 0 fully saturated rings. The van der Waals surface area contributed by atoms with Gasteiger partial charge in [0.25, 0.3) is 5.69 Å². The molecule has 6 heteroatoms. The van der Waals surface area contributed by atoms with E-state index in [4.69, 9.17) is 11.6 Å². The van der Waals surface area contributed by atoms with E-state index in [-0.39, 0.29) is 5.69 Å². The van der Waals surface area contributed by atoms with Crippen LogP contribution in [0.5, 0.6) is 0 Å². The molecule has 110 valence electrons. The smallest absolute Gasteiger partial charge is 0.270 e. The van der Waals surface area contributed by atoms with Gasteiger partial charge in [-0.3, -0.25) is 15.1 Å². The molecule has 0 bridgehead atoms. The van der Waals surface area contributed by atoms with E-state index in [1.807, 2.05) is 18.2 Å². The third-order valence-corrected chi connectivity index (χ3v) is 3.67. The summed E-state index contributed by atoms with van der Waals surface area (Å²) in [7, 11) is 0. The van der Waals surface area contributed by atoms with E-state index in [0.29, 0.717) is 22.8 Å². The van der Waals surface area contributed by atoms with Crippen LogP contribution in [0.1, 0.15) is 11.1 Å². The first-order valence-electron chi connectivity index (χ1n) is 6.59. The number of hydrogen-bond donors (Lipinski definition) is 1. The van der Waals surface area contributed by atoms with E-state index in [0.717, 1.165) is 16.9 Å². The highest BCUT2D eigenvalue weighted by Gasteiger charge is 2.20. The highest BCUT2D eigenvalue weighted by atomic mass is 35.5. The van der Waals surface area contributed by atoms with Gasteiger partial charge in [-0.1, -0.05) is 36.4 Å². The minimum absolute atomic E-state index is 0.00724. The van der Waals surface area contributed by atoms with Crippen molar-refractivity contribution in [1.29, 1.82) is 0 Å². The van der Waals surface area contributed by atoms with Crippen LogP contribution in [-0.4, -0.2) is 17.2 Å². The fraction of sp³-hybridized carbons (Fsp3) is 0.0625. The Balaban J connectivity index is 2.23. The Morgan fingerprint density at radius 2 is 2.00 bits per heavy atom. The summed E-state index contributed by atoms with van der Waals surface area (Å²) in [5, 5.41) is 14.7. The lowest BCUT2D eigenvalue weighted by Crippen LogP contribution is -2.06. The number of nitrogens with zero attached hydrogens (tertiary/aromatic N) is 2. The fourth-order valence-electron chi connectivity index (χ4n) is 2.32. The van der Waals surface area contributed by atoms with Gasteiger partial charge in [-0.05, 0) is 12.1 Å². The Bertz CT molecular complexity index is 815. The monoisotopic (exact) mass is 313 g/mol. The minimum Gasteiger partial charge on any atom is -0.357 e. The van der Waals surface area contributed by atoms with Gasteiger partial charge in [0.15, 0.2) is 0 Å². The molecule has 5 nitrogen and oxygen atoms in total. The third-order valence-electron chi connectivity index (χ3n) is 3.34. The number of anilines is 1. The van der Waals surface area contributed by atoms with Crippen LogP contribution in [-0.2, 0) is 0 Å². The number of benzene rings is 2. The van der Waals surface area contributed by atoms with Crippen molar-refractivity contribution in [3.05, 3.63) is 81.0 Å². The summed E-state index contributed by atoms with van der Waals surface area (Å²) < 4.78 is 0. The van der Waals surface area contributed by atoms with Crippen LogP contribution in [0.25, 0.3) is 0 Å². The van der Waals surface area contributed by atoms with Gasteiger partial charge in [0.1, 0.15) is 0 Å². The molecular weight excluding hydrogens is 302 g/mol. The van der Waals surface area contributed by atoms with Crippen LogP contribution in [0.3, 0.4) is 0 Å². The predicted octanol–water partition coefficient (Wildman–Crippen LogP) is 4.02. The van der Waals surface area contributed by atoms with E-state index >= 15 is 0 Å². The number of rotatable bonds is 2. The van der Waals surface area contributed by atoms with Gasteiger partial charge in [0, 0.05) is 39.7 Å². The molecule has 1 N–H and O–H groups in total. The van der Waals surface area contributed by atoms with E-state index in [1.165, 1.54) is 12.1 Å². The van der Waals surface area contributed by atoms with Crippen LogP contribution in [0.15, 0.2) is 59.7 Å². The predicted molar refractivity (Wildman–Crippen MR) is 87.8 cm³/mol. The second-order valence-electron chi connectivity index (χ2n) is 4.86. The molecule has 22 heavy (non-hydrogen) atoms. The van der Waals surface area contributed by atoms with Crippen molar-refractivity contribution in [2.24, 2.45) is 4.99 Å². The second-order valence-corrected chi connectivity index (χ2v) is 5.27. The maximum atomic E-state index is 11.0. The average molecular weight is 314 g/mol. The van der Waals surface area contributed by atoms with Gasteiger partial charge in [-0.2, -0.15) is 0 Å². The topological polar surface area (TPSA) is 67.5 Å². The number of fused-ring (bicyclic) bond motifs is 1. The zero-order chi connectivity index (χ0) is 15.7. The van der Waals surface area contributed by atoms with Crippen LogP contribution < -0.4 is 5.32 Å². The number of halogens is 1. The molecule has 0 aliphatic carbocycles. The molecule has 2 aromatic rings. The Hall–Kier alpha value is -2.66. The largest absolute Gasteiger partial charge is 0.357 e. The molecule has 0 saturated carbocycles. The summed E-state index contributed by atoms with van der Waals surface area (Å²) in [6, 6.07) is 11.9. The third kappa shape index (κ3) is 2.58. The van der Waals surface area contributed by atoms with Crippen molar-refractivity contribution < 1.29 is 4.92 Å². The first kappa shape index (κ1) is 14.3. The fourth-order valence-corrected chi connectivity index (χ4v) is 2.55. The number of nitro groups is 1. The van der Waals surface area contributed by atoms with Gasteiger partial charge in [0.05, 0.1) is 17.2 Å². The van der Waals surface area contributed by atoms with Crippen LogP contribution in [0.2, 0.25) is 5.02 Å². The SMILES string of the molecule is C=C1CN=C(c2ccccc2Cl)c2cc([N+](=O)[O-])ccc2N1. The van der Waals surface area contributed by atoms with E-state index in [1.54, 1.807) is 12.1 Å². The molecule has 0 amide bonds. The Kier molecular flexibility index (Phi) is 3.65. The van der Waals surface area contributed by atoms with Crippen molar-refractivity contribution in [2.75, 3.05) is 11.9 Å². The number of hydrogen-bond acceptors (Lipinski definition) is 4. The molecule has 0 unspecified atom stereocenters. The van der Waals surface area contributed by atoms with E-state index in [2.05, 4.69) is 16.9 Å². The summed E-state index contributed by atoms with van der Waals surface area (Å²) >= 11 is 6.26. The molecule has 0 atom stereocenters. The zero-order valence-corrected chi connectivity index (χ0v) is 12.3. The summed E-state index contributed by atoms with van der Waals surface area (Å²) in [6.07, 6.45) is 0. The number of non-ortho nitro benzene ring substituents is 1. The molecule has 0 radical (unpaired) electrons. The van der Waals surface area contributed by atoms with Crippen LogP contribution >= 0.6 is 11.6 Å². The van der Waals surface area contributed by atoms with Crippen LogP contribution in [0.4, 0.5) is 11.4 Å². The molecule has 1 aliphatic rings. The lowest BCUT2D eigenvalue weighted by Gasteiger charge is -2.11. The number of aliphatic imine (C=N–C) groups is 1. The van der Waals surface area contributed by atoms with E-state index in [9.17, 15) is 10.1 Å². The van der Waals surface area contributed by atoms with Gasteiger partial charge >= 0.3 is 0 Å².